The summed E-state index contributed by atoms with van der Waals surface area (Å²) in [6.45, 7) is 0. The van der Waals surface area contributed by atoms with Crippen LogP contribution in [0.1, 0.15) is 0 Å². The van der Waals surface area contributed by atoms with Gasteiger partial charge in [-0.2, -0.15) is 0 Å². The first-order chi connectivity index (χ1) is 3.18. The van der Waals surface area contributed by atoms with E-state index < -0.39 is 0 Å². The molecule has 0 aliphatic heterocycles. The average molecular weight is 272 g/mol. The van der Waals surface area contributed by atoms with Crippen LogP contribution in [0.15, 0.2) is 9.52 Å². The average Bonchev–Trinajstić information content (AvgIpc) is 1.65. The van der Waals surface area contributed by atoms with Gasteiger partial charge in [0.25, 0.3) is 0 Å². The van der Waals surface area contributed by atoms with Crippen LogP contribution < -0.4 is 0 Å². The SMILES string of the molecule is Cl.ClCC(Cl)=C(Cl)Cl.[Fe]. The molecule has 0 amide bonds. The normalized spacial score (nSPS) is 6.67. The molecule has 0 spiro atoms. The number of halogens is 5. The Labute approximate surface area is 90.7 Å². The minimum atomic E-state index is 0. The minimum absolute atomic E-state index is 0. The van der Waals surface area contributed by atoms with Gasteiger partial charge in [-0.05, 0) is 0 Å². The Morgan fingerprint density at radius 1 is 1.11 bits per heavy atom. The molecule has 0 aliphatic carbocycles. The molecule has 0 aromatic carbocycles. The number of alkyl halides is 1. The predicted molar refractivity (Wildman–Crippen MR) is 42.6 cm³/mol. The Bertz CT molecular complexity index is 86.2. The molecule has 0 rings (SSSR count). The van der Waals surface area contributed by atoms with Crippen molar-refractivity contribution in [2.45, 2.75) is 0 Å². The maximum absolute atomic E-state index is 5.28. The van der Waals surface area contributed by atoms with Crippen molar-refractivity contribution in [3.63, 3.8) is 0 Å². The van der Waals surface area contributed by atoms with Crippen molar-refractivity contribution in [3.8, 4) is 0 Å². The Hall–Kier alpha value is 1.71. The van der Waals surface area contributed by atoms with E-state index in [1.807, 2.05) is 0 Å². The molecule has 0 bridgehead atoms. The first-order valence-corrected chi connectivity index (χ1v) is 3.11. The van der Waals surface area contributed by atoms with Crippen molar-refractivity contribution in [2.24, 2.45) is 0 Å². The van der Waals surface area contributed by atoms with Gasteiger partial charge in [0.15, 0.2) is 0 Å². The minimum Gasteiger partial charge on any atom is -0.147 e. The molecular weight excluding hydrogens is 269 g/mol. The van der Waals surface area contributed by atoms with Crippen molar-refractivity contribution >= 4 is 58.8 Å². The maximum atomic E-state index is 5.28. The van der Waals surface area contributed by atoms with Crippen molar-refractivity contribution < 1.29 is 17.1 Å². The number of hydrogen-bond acceptors (Lipinski definition) is 0. The largest absolute Gasteiger partial charge is 0.147 e. The second-order valence-corrected chi connectivity index (χ2v) is 2.47. The van der Waals surface area contributed by atoms with Crippen LogP contribution in [0.3, 0.4) is 0 Å². The Morgan fingerprint density at radius 2 is 1.44 bits per heavy atom. The third-order valence-corrected chi connectivity index (χ3v) is 1.70. The fourth-order valence-electron chi connectivity index (χ4n) is 0.0505. The second-order valence-electron chi connectivity index (χ2n) is 0.799. The van der Waals surface area contributed by atoms with Crippen molar-refractivity contribution in [3.05, 3.63) is 9.52 Å². The van der Waals surface area contributed by atoms with E-state index in [0.29, 0.717) is 0 Å². The molecule has 9 heavy (non-hydrogen) atoms. The molecule has 0 radical (unpaired) electrons. The zero-order valence-electron chi connectivity index (χ0n) is 3.98. The zero-order valence-corrected chi connectivity index (χ0v) is 8.93. The Balaban J connectivity index is -0.000000180. The molecule has 6 heteroatoms. The molecule has 0 aromatic heterocycles. The van der Waals surface area contributed by atoms with E-state index in [2.05, 4.69) is 0 Å². The van der Waals surface area contributed by atoms with Crippen LogP contribution in [0.2, 0.25) is 0 Å². The zero-order chi connectivity index (χ0) is 5.86. The Kier molecular flexibility index (Phi) is 18.3. The summed E-state index contributed by atoms with van der Waals surface area (Å²) < 4.78 is 0.0386. The van der Waals surface area contributed by atoms with Crippen LogP contribution in [-0.4, -0.2) is 5.88 Å². The monoisotopic (exact) mass is 270 g/mol. The standard InChI is InChI=1S/C3H2Cl4.ClH.Fe/c4-1-2(5)3(6)7;;/h1H2;1H;. The Morgan fingerprint density at radius 3 is 1.44 bits per heavy atom. The second kappa shape index (κ2) is 9.71. The summed E-state index contributed by atoms with van der Waals surface area (Å²) in [5.41, 5.74) is 0. The van der Waals surface area contributed by atoms with E-state index in [4.69, 9.17) is 46.4 Å². The van der Waals surface area contributed by atoms with Crippen LogP contribution in [0.4, 0.5) is 0 Å². The van der Waals surface area contributed by atoms with E-state index in [-0.39, 0.29) is 44.9 Å². The van der Waals surface area contributed by atoms with Gasteiger partial charge in [0.1, 0.15) is 4.49 Å². The smallest absolute Gasteiger partial charge is 0.122 e. The molecule has 0 atom stereocenters. The van der Waals surface area contributed by atoms with E-state index in [1.54, 1.807) is 0 Å². The topological polar surface area (TPSA) is 0 Å². The van der Waals surface area contributed by atoms with Gasteiger partial charge in [0.2, 0.25) is 0 Å². The molecule has 58 valence electrons. The number of rotatable bonds is 1. The molecule has 0 saturated carbocycles. The molecule has 0 fully saturated rings. The van der Waals surface area contributed by atoms with Gasteiger partial charge in [-0.1, -0.05) is 34.8 Å². The quantitative estimate of drug-likeness (QED) is 0.506. The third kappa shape index (κ3) is 9.71. The first kappa shape index (κ1) is 17.0. The van der Waals surface area contributed by atoms with Crippen LogP contribution in [0.25, 0.3) is 0 Å². The molecule has 0 saturated heterocycles. The molecule has 0 aromatic rings. The van der Waals surface area contributed by atoms with Gasteiger partial charge >= 0.3 is 0 Å². The number of allylic oxidation sites excluding steroid dienone is 1. The summed E-state index contributed by atoms with van der Waals surface area (Å²) in [4.78, 5) is 0. The van der Waals surface area contributed by atoms with Crippen molar-refractivity contribution in [1.82, 2.24) is 0 Å². The van der Waals surface area contributed by atoms with Gasteiger partial charge in [-0.15, -0.1) is 24.0 Å². The van der Waals surface area contributed by atoms with Crippen LogP contribution >= 0.6 is 58.8 Å². The predicted octanol–water partition coefficient (Wildman–Crippen LogP) is 3.53. The molecule has 0 aliphatic rings. The maximum Gasteiger partial charge on any atom is 0.122 e. The van der Waals surface area contributed by atoms with E-state index in [1.165, 1.54) is 0 Å². The fraction of sp³-hybridized carbons (Fsp3) is 0.333. The van der Waals surface area contributed by atoms with Gasteiger partial charge in [-0.25, -0.2) is 0 Å². The van der Waals surface area contributed by atoms with Crippen LogP contribution in [-0.2, 0) is 17.1 Å². The van der Waals surface area contributed by atoms with Gasteiger partial charge < -0.3 is 0 Å². The van der Waals surface area contributed by atoms with Crippen molar-refractivity contribution in [2.75, 3.05) is 5.88 Å². The summed E-state index contributed by atoms with van der Waals surface area (Å²) >= 11 is 20.8. The summed E-state index contributed by atoms with van der Waals surface area (Å²) in [6.07, 6.45) is 0. The van der Waals surface area contributed by atoms with Gasteiger partial charge in [-0.3, -0.25) is 0 Å². The van der Waals surface area contributed by atoms with Gasteiger partial charge in [0, 0.05) is 17.1 Å². The van der Waals surface area contributed by atoms with E-state index in [9.17, 15) is 0 Å². The summed E-state index contributed by atoms with van der Waals surface area (Å²) in [7, 11) is 0. The summed E-state index contributed by atoms with van der Waals surface area (Å²) in [6, 6.07) is 0. The van der Waals surface area contributed by atoms with Crippen molar-refractivity contribution in [1.29, 1.82) is 0 Å². The summed E-state index contributed by atoms with van der Waals surface area (Å²) in [5, 5.41) is 0.282. The van der Waals surface area contributed by atoms with E-state index in [0.717, 1.165) is 0 Å². The molecule has 0 nitrogen and oxygen atoms in total. The van der Waals surface area contributed by atoms with Crippen LogP contribution in [0, 0.1) is 0 Å². The van der Waals surface area contributed by atoms with Gasteiger partial charge in [0.05, 0.1) is 10.9 Å². The molecule has 0 heterocycles. The summed E-state index contributed by atoms with van der Waals surface area (Å²) in [5.74, 6) is 0.171. The first-order valence-electron chi connectivity index (χ1n) is 1.44. The molecule has 0 N–H and O–H groups in total. The van der Waals surface area contributed by atoms with Crippen LogP contribution in [0.5, 0.6) is 0 Å². The number of hydrogen-bond donors (Lipinski definition) is 0. The third-order valence-electron chi connectivity index (χ3n) is 0.322. The molecule has 0 unspecified atom stereocenters. The molecular formula is C3H3Cl5Fe. The van der Waals surface area contributed by atoms with E-state index >= 15 is 0 Å². The fourth-order valence-corrected chi connectivity index (χ4v) is 0.455.